The Hall–Kier alpha value is -4.16. The summed E-state index contributed by atoms with van der Waals surface area (Å²) in [7, 11) is -3.59. The first kappa shape index (κ1) is 28.9. The predicted molar refractivity (Wildman–Crippen MR) is 168 cm³/mol. The number of rotatable bonds is 12. The van der Waals surface area contributed by atoms with Crippen molar-refractivity contribution in [3.05, 3.63) is 65.9 Å². The second-order valence-corrected chi connectivity index (χ2v) is 13.1. The molecule has 0 unspecified atom stereocenters. The number of unbranched alkanes of at least 4 members (excludes halogenated alkanes) is 2. The summed E-state index contributed by atoms with van der Waals surface area (Å²) in [5.74, 6) is 0.0672. The monoisotopic (exact) mass is 620 g/mol. The number of aromatic nitrogens is 3. The van der Waals surface area contributed by atoms with Gasteiger partial charge in [-0.1, -0.05) is 38.8 Å². The largest absolute Gasteiger partial charge is 0.477 e. The summed E-state index contributed by atoms with van der Waals surface area (Å²) >= 11 is 1.13. The number of hydrogen-bond acceptors (Lipinski definition) is 8. The van der Waals surface area contributed by atoms with E-state index in [1.807, 2.05) is 50.2 Å². The van der Waals surface area contributed by atoms with Crippen LogP contribution in [0.15, 0.2) is 54.6 Å². The van der Waals surface area contributed by atoms with Crippen molar-refractivity contribution in [1.29, 1.82) is 0 Å². The van der Waals surface area contributed by atoms with Crippen molar-refractivity contribution in [2.24, 2.45) is 0 Å². The van der Waals surface area contributed by atoms with Crippen LogP contribution in [0.5, 0.6) is 11.5 Å². The maximum atomic E-state index is 13.5. The number of ether oxygens (including phenoxy) is 2. The minimum absolute atomic E-state index is 0.0512. The number of sulfonamides is 1. The smallest absolute Gasteiger partial charge is 0.353 e. The van der Waals surface area contributed by atoms with Gasteiger partial charge in [0.25, 0.3) is 0 Å². The van der Waals surface area contributed by atoms with Gasteiger partial charge in [-0.2, -0.15) is 8.75 Å². The minimum atomic E-state index is -3.59. The van der Waals surface area contributed by atoms with Gasteiger partial charge in [-0.3, -0.25) is 4.31 Å². The fourth-order valence-electron chi connectivity index (χ4n) is 5.50. The van der Waals surface area contributed by atoms with Gasteiger partial charge >= 0.3 is 5.97 Å². The summed E-state index contributed by atoms with van der Waals surface area (Å²) < 4.78 is 50.0. The summed E-state index contributed by atoms with van der Waals surface area (Å²) in [6.07, 6.45) is 2.87. The molecule has 3 aromatic carbocycles. The zero-order valence-electron chi connectivity index (χ0n) is 23.9. The summed E-state index contributed by atoms with van der Waals surface area (Å²) in [5, 5.41) is 11.3. The molecule has 1 aliphatic rings. The van der Waals surface area contributed by atoms with Crippen LogP contribution in [0.1, 0.15) is 55.6 Å². The Morgan fingerprint density at radius 3 is 2.56 bits per heavy atom. The Morgan fingerprint density at radius 2 is 1.77 bits per heavy atom. The van der Waals surface area contributed by atoms with E-state index in [2.05, 4.69) is 8.75 Å². The van der Waals surface area contributed by atoms with E-state index in [0.29, 0.717) is 58.6 Å². The molecule has 0 saturated carbocycles. The van der Waals surface area contributed by atoms with Crippen LogP contribution in [0, 0.1) is 0 Å². The van der Waals surface area contributed by atoms with Crippen molar-refractivity contribution in [3.8, 4) is 22.6 Å². The van der Waals surface area contributed by atoms with E-state index in [1.54, 1.807) is 22.8 Å². The lowest BCUT2D eigenvalue weighted by Gasteiger charge is -2.24. The lowest BCUT2D eigenvalue weighted by molar-refractivity contribution is 0.0687. The number of fused-ring (bicyclic) bond motifs is 3. The average Bonchev–Trinajstić information content (AvgIpc) is 3.73. The Kier molecular flexibility index (Phi) is 7.97. The highest BCUT2D eigenvalue weighted by Crippen LogP contribution is 2.42. The third-order valence-electron chi connectivity index (χ3n) is 7.66. The van der Waals surface area contributed by atoms with Crippen molar-refractivity contribution in [2.45, 2.75) is 46.1 Å². The van der Waals surface area contributed by atoms with Crippen molar-refractivity contribution >= 4 is 55.3 Å². The molecule has 224 valence electrons. The molecule has 0 saturated heterocycles. The predicted octanol–water partition coefficient (Wildman–Crippen LogP) is 6.52. The van der Waals surface area contributed by atoms with Gasteiger partial charge in [-0.15, -0.1) is 0 Å². The van der Waals surface area contributed by atoms with Crippen molar-refractivity contribution < 1.29 is 27.8 Å². The molecule has 43 heavy (non-hydrogen) atoms. The molecule has 3 heterocycles. The molecular weight excluding hydrogens is 588 g/mol. The van der Waals surface area contributed by atoms with E-state index in [4.69, 9.17) is 9.47 Å². The third-order valence-corrected chi connectivity index (χ3v) is 10.1. The number of anilines is 1. The molecule has 0 amide bonds. The molecule has 1 N–H and O–H groups in total. The molecule has 0 aliphatic carbocycles. The highest BCUT2D eigenvalue weighted by Gasteiger charge is 2.28. The first-order chi connectivity index (χ1) is 20.8. The van der Waals surface area contributed by atoms with Crippen LogP contribution in [0.3, 0.4) is 0 Å². The lowest BCUT2D eigenvalue weighted by Crippen LogP contribution is -2.34. The number of carbonyl (C=O) groups is 1. The number of benzene rings is 3. The van der Waals surface area contributed by atoms with Crippen LogP contribution in [-0.4, -0.2) is 51.9 Å². The molecule has 12 heteroatoms. The minimum Gasteiger partial charge on any atom is -0.477 e. The first-order valence-corrected chi connectivity index (χ1v) is 16.7. The van der Waals surface area contributed by atoms with Crippen LogP contribution >= 0.6 is 11.7 Å². The van der Waals surface area contributed by atoms with Gasteiger partial charge in [-0.25, -0.2) is 13.2 Å². The van der Waals surface area contributed by atoms with Crippen molar-refractivity contribution in [2.75, 3.05) is 23.4 Å². The van der Waals surface area contributed by atoms with E-state index in [-0.39, 0.29) is 24.8 Å². The molecule has 10 nitrogen and oxygen atoms in total. The Labute approximate surface area is 253 Å². The summed E-state index contributed by atoms with van der Waals surface area (Å²) in [4.78, 5) is 13.0. The normalized spacial score (nSPS) is 12.8. The van der Waals surface area contributed by atoms with Crippen LogP contribution in [0.2, 0.25) is 0 Å². The number of carboxylic acid groups (broad SMARTS) is 1. The number of nitrogens with zero attached hydrogens (tertiary/aromatic N) is 4. The molecule has 2 aromatic heterocycles. The van der Waals surface area contributed by atoms with Gasteiger partial charge in [0.15, 0.2) is 11.5 Å². The van der Waals surface area contributed by atoms with Gasteiger partial charge in [0, 0.05) is 29.6 Å². The highest BCUT2D eigenvalue weighted by molar-refractivity contribution is 7.92. The van der Waals surface area contributed by atoms with Crippen LogP contribution in [0.25, 0.3) is 33.1 Å². The molecule has 0 spiro atoms. The molecule has 0 atom stereocenters. The number of hydrogen-bond donors (Lipinski definition) is 1. The van der Waals surface area contributed by atoms with Gasteiger partial charge in [0.1, 0.15) is 16.7 Å². The molecular formula is C31H32N4O6S2. The quantitative estimate of drug-likeness (QED) is 0.167. The summed E-state index contributed by atoms with van der Waals surface area (Å²) in [6, 6.07) is 16.5. The van der Waals surface area contributed by atoms with Gasteiger partial charge in [0.05, 0.1) is 23.2 Å². The van der Waals surface area contributed by atoms with Crippen molar-refractivity contribution in [1.82, 2.24) is 13.3 Å². The summed E-state index contributed by atoms with van der Waals surface area (Å²) in [6.45, 7) is 4.70. The molecule has 0 fully saturated rings. The maximum Gasteiger partial charge on any atom is 0.353 e. The fraction of sp³-hybridized carbons (Fsp3) is 0.323. The van der Waals surface area contributed by atoms with Gasteiger partial charge in [0.2, 0.25) is 16.8 Å². The standard InChI is InChI=1S/C31H32N4O6S2/c1-3-5-13-35(43(38,39)14-6-4-2)22-9-11-26-23(17-22)29(21-8-12-27-28(16-21)41-19-40-27)30(31(36)37)34(26)18-20-7-10-24-25(15-20)33-42-32-24/h7-12,15-17H,3-6,13-14,18-19H2,1-2H3,(H,36,37). The Morgan fingerprint density at radius 1 is 0.977 bits per heavy atom. The zero-order chi connectivity index (χ0) is 30.1. The number of carboxylic acids is 1. The average molecular weight is 621 g/mol. The third kappa shape index (κ3) is 5.52. The summed E-state index contributed by atoms with van der Waals surface area (Å²) in [5.41, 5.74) is 4.81. The molecule has 0 radical (unpaired) electrons. The fourth-order valence-corrected chi connectivity index (χ4v) is 7.74. The molecule has 5 aromatic rings. The molecule has 0 bridgehead atoms. The highest BCUT2D eigenvalue weighted by atomic mass is 32.2. The SMILES string of the molecule is CCCCN(c1ccc2c(c1)c(-c1ccc3c(c1)OCO3)c(C(=O)O)n2Cc1ccc2nsnc2c1)S(=O)(=O)CCCC. The second-order valence-electron chi connectivity index (χ2n) is 10.6. The van der Waals surface area contributed by atoms with Crippen LogP contribution in [-0.2, 0) is 16.6 Å². The maximum absolute atomic E-state index is 13.5. The van der Waals surface area contributed by atoms with Gasteiger partial charge in [-0.05, 0) is 66.4 Å². The van der Waals surface area contributed by atoms with Crippen LogP contribution < -0.4 is 13.8 Å². The van der Waals surface area contributed by atoms with Gasteiger partial charge < -0.3 is 19.1 Å². The van der Waals surface area contributed by atoms with Crippen LogP contribution in [0.4, 0.5) is 5.69 Å². The van der Waals surface area contributed by atoms with Crippen molar-refractivity contribution in [3.63, 3.8) is 0 Å². The van der Waals surface area contributed by atoms with E-state index in [1.165, 1.54) is 4.31 Å². The Bertz CT molecular complexity index is 1930. The Balaban J connectivity index is 1.57. The zero-order valence-corrected chi connectivity index (χ0v) is 25.6. The van der Waals surface area contributed by atoms with E-state index in [0.717, 1.165) is 41.2 Å². The first-order valence-electron chi connectivity index (χ1n) is 14.3. The van der Waals surface area contributed by atoms with E-state index < -0.39 is 16.0 Å². The van der Waals surface area contributed by atoms with E-state index >= 15 is 0 Å². The lowest BCUT2D eigenvalue weighted by atomic mass is 10.0. The molecule has 6 rings (SSSR count). The van der Waals surface area contributed by atoms with E-state index in [9.17, 15) is 18.3 Å². The topological polar surface area (TPSA) is 124 Å². The molecule has 1 aliphatic heterocycles. The number of aromatic carboxylic acids is 1. The second kappa shape index (κ2) is 11.8.